The Labute approximate surface area is 141 Å². The van der Waals surface area contributed by atoms with E-state index < -0.39 is 5.82 Å². The molecule has 2 heterocycles. The van der Waals surface area contributed by atoms with Gasteiger partial charge >= 0.3 is 0 Å². The summed E-state index contributed by atoms with van der Waals surface area (Å²) in [5.41, 5.74) is 2.42. The molecule has 1 aliphatic rings. The number of amides is 1. The van der Waals surface area contributed by atoms with Gasteiger partial charge in [-0.05, 0) is 43.5 Å². The topological polar surface area (TPSA) is 45.2 Å². The fraction of sp³-hybridized carbons (Fsp3) is 0.368. The van der Waals surface area contributed by atoms with Crippen LogP contribution >= 0.6 is 0 Å². The molecule has 1 fully saturated rings. The standard InChI is InChI=1S/C19H22FN3O/c1-14-15(5-4-10-21-14)13-23-11-8-16(9-12-23)22-19(24)17-6-2-3-7-18(17)20/h2-7,10,16H,8-9,11-13H2,1H3,(H,22,24). The number of benzene rings is 1. The van der Waals surface area contributed by atoms with Crippen LogP contribution in [-0.2, 0) is 6.54 Å². The van der Waals surface area contributed by atoms with Gasteiger partial charge in [-0.3, -0.25) is 14.7 Å². The number of carbonyl (C=O) groups is 1. The second-order valence-corrected chi connectivity index (χ2v) is 6.25. The minimum absolute atomic E-state index is 0.100. The highest BCUT2D eigenvalue weighted by Crippen LogP contribution is 2.16. The minimum atomic E-state index is -0.473. The Morgan fingerprint density at radius 2 is 2.00 bits per heavy atom. The maximum absolute atomic E-state index is 13.7. The fourth-order valence-corrected chi connectivity index (χ4v) is 3.07. The third-order valence-corrected chi connectivity index (χ3v) is 4.55. The number of rotatable bonds is 4. The van der Waals surface area contributed by atoms with E-state index in [2.05, 4.69) is 21.3 Å². The number of likely N-dealkylation sites (tertiary alicyclic amines) is 1. The first kappa shape index (κ1) is 16.6. The van der Waals surface area contributed by atoms with E-state index >= 15 is 0 Å². The zero-order chi connectivity index (χ0) is 16.9. The van der Waals surface area contributed by atoms with Crippen LogP contribution in [0.4, 0.5) is 4.39 Å². The van der Waals surface area contributed by atoms with E-state index in [1.165, 1.54) is 17.7 Å². The van der Waals surface area contributed by atoms with Crippen LogP contribution in [0, 0.1) is 12.7 Å². The van der Waals surface area contributed by atoms with E-state index in [1.807, 2.05) is 19.2 Å². The van der Waals surface area contributed by atoms with Gasteiger partial charge in [0, 0.05) is 37.6 Å². The molecular formula is C19H22FN3O. The van der Waals surface area contributed by atoms with Gasteiger partial charge in [0.05, 0.1) is 5.56 Å². The SMILES string of the molecule is Cc1ncccc1CN1CCC(NC(=O)c2ccccc2F)CC1. The lowest BCUT2D eigenvalue weighted by Crippen LogP contribution is -2.44. The first-order valence-corrected chi connectivity index (χ1v) is 8.32. The molecule has 0 unspecified atom stereocenters. The summed E-state index contributed by atoms with van der Waals surface area (Å²) < 4.78 is 13.7. The molecule has 4 nitrogen and oxygen atoms in total. The lowest BCUT2D eigenvalue weighted by molar-refractivity contribution is 0.0905. The first-order valence-electron chi connectivity index (χ1n) is 8.32. The molecule has 0 atom stereocenters. The maximum Gasteiger partial charge on any atom is 0.254 e. The molecule has 0 bridgehead atoms. The van der Waals surface area contributed by atoms with E-state index in [9.17, 15) is 9.18 Å². The van der Waals surface area contributed by atoms with E-state index in [-0.39, 0.29) is 17.5 Å². The van der Waals surface area contributed by atoms with E-state index in [0.717, 1.165) is 38.2 Å². The van der Waals surface area contributed by atoms with Crippen LogP contribution < -0.4 is 5.32 Å². The van der Waals surface area contributed by atoms with Crippen molar-refractivity contribution in [3.05, 3.63) is 65.2 Å². The van der Waals surface area contributed by atoms with Crippen molar-refractivity contribution in [3.8, 4) is 0 Å². The van der Waals surface area contributed by atoms with Crippen LogP contribution in [0.5, 0.6) is 0 Å². The van der Waals surface area contributed by atoms with Gasteiger partial charge in [0.1, 0.15) is 5.82 Å². The molecule has 126 valence electrons. The summed E-state index contributed by atoms with van der Waals surface area (Å²) in [5.74, 6) is -0.797. The molecule has 1 N–H and O–H groups in total. The number of piperidine rings is 1. The van der Waals surface area contributed by atoms with Crippen LogP contribution in [0.3, 0.4) is 0 Å². The molecule has 1 saturated heterocycles. The Kier molecular flexibility index (Phi) is 5.20. The lowest BCUT2D eigenvalue weighted by Gasteiger charge is -2.32. The van der Waals surface area contributed by atoms with E-state index in [1.54, 1.807) is 12.1 Å². The monoisotopic (exact) mass is 327 g/mol. The molecule has 0 spiro atoms. The first-order chi connectivity index (χ1) is 11.6. The smallest absolute Gasteiger partial charge is 0.254 e. The molecule has 0 saturated carbocycles. The predicted octanol–water partition coefficient (Wildman–Crippen LogP) is 2.92. The van der Waals surface area contributed by atoms with Gasteiger partial charge in [-0.25, -0.2) is 4.39 Å². The highest BCUT2D eigenvalue weighted by molar-refractivity contribution is 5.94. The molecule has 5 heteroatoms. The second kappa shape index (κ2) is 7.53. The molecule has 1 aliphatic heterocycles. The van der Waals surface area contributed by atoms with Gasteiger partial charge in [-0.1, -0.05) is 18.2 Å². The summed E-state index contributed by atoms with van der Waals surface area (Å²) in [7, 11) is 0. The third kappa shape index (κ3) is 3.97. The highest BCUT2D eigenvalue weighted by Gasteiger charge is 2.22. The summed E-state index contributed by atoms with van der Waals surface area (Å²) >= 11 is 0. The average Bonchev–Trinajstić information content (AvgIpc) is 2.59. The van der Waals surface area contributed by atoms with Gasteiger partial charge in [-0.15, -0.1) is 0 Å². The van der Waals surface area contributed by atoms with Crippen molar-refractivity contribution in [2.24, 2.45) is 0 Å². The van der Waals surface area contributed by atoms with Crippen LogP contribution in [0.2, 0.25) is 0 Å². The van der Waals surface area contributed by atoms with Crippen molar-refractivity contribution in [1.82, 2.24) is 15.2 Å². The predicted molar refractivity (Wildman–Crippen MR) is 91.1 cm³/mol. The number of aryl methyl sites for hydroxylation is 1. The summed E-state index contributed by atoms with van der Waals surface area (Å²) in [5, 5.41) is 2.95. The van der Waals surface area contributed by atoms with Crippen molar-refractivity contribution in [3.63, 3.8) is 0 Å². The molecule has 24 heavy (non-hydrogen) atoms. The second-order valence-electron chi connectivity index (χ2n) is 6.25. The number of aromatic nitrogens is 1. The van der Waals surface area contributed by atoms with Crippen LogP contribution in [-0.4, -0.2) is 34.9 Å². The highest BCUT2D eigenvalue weighted by atomic mass is 19.1. The maximum atomic E-state index is 13.7. The van der Waals surface area contributed by atoms with E-state index in [0.29, 0.717) is 0 Å². The Morgan fingerprint density at radius 3 is 2.71 bits per heavy atom. The van der Waals surface area contributed by atoms with Gasteiger partial charge in [0.25, 0.3) is 5.91 Å². The Balaban J connectivity index is 1.51. The largest absolute Gasteiger partial charge is 0.349 e. The Morgan fingerprint density at radius 1 is 1.25 bits per heavy atom. The third-order valence-electron chi connectivity index (χ3n) is 4.55. The molecule has 0 radical (unpaired) electrons. The van der Waals surface area contributed by atoms with Crippen LogP contribution in [0.15, 0.2) is 42.6 Å². The van der Waals surface area contributed by atoms with Crippen molar-refractivity contribution < 1.29 is 9.18 Å². The Bertz CT molecular complexity index is 711. The molecule has 3 rings (SSSR count). The summed E-state index contributed by atoms with van der Waals surface area (Å²) in [6.07, 6.45) is 3.56. The molecular weight excluding hydrogens is 305 g/mol. The number of hydrogen-bond acceptors (Lipinski definition) is 3. The number of pyridine rings is 1. The van der Waals surface area contributed by atoms with Gasteiger partial charge in [0.15, 0.2) is 0 Å². The van der Waals surface area contributed by atoms with Crippen molar-refractivity contribution in [2.75, 3.05) is 13.1 Å². The zero-order valence-electron chi connectivity index (χ0n) is 13.8. The summed E-state index contributed by atoms with van der Waals surface area (Å²) in [6.45, 7) is 4.73. The van der Waals surface area contributed by atoms with Crippen LogP contribution in [0.25, 0.3) is 0 Å². The molecule has 2 aromatic rings. The van der Waals surface area contributed by atoms with Crippen LogP contribution in [0.1, 0.15) is 34.5 Å². The number of hydrogen-bond donors (Lipinski definition) is 1. The number of halogens is 1. The number of nitrogens with one attached hydrogen (secondary N) is 1. The minimum Gasteiger partial charge on any atom is -0.349 e. The number of nitrogens with zero attached hydrogens (tertiary/aromatic N) is 2. The van der Waals surface area contributed by atoms with Gasteiger partial charge < -0.3 is 5.32 Å². The summed E-state index contributed by atoms with van der Waals surface area (Å²) in [6, 6.07) is 10.3. The average molecular weight is 327 g/mol. The Hall–Kier alpha value is -2.27. The quantitative estimate of drug-likeness (QED) is 0.939. The molecule has 1 amide bonds. The zero-order valence-corrected chi connectivity index (χ0v) is 13.8. The molecule has 0 aliphatic carbocycles. The molecule has 1 aromatic heterocycles. The normalized spacial score (nSPS) is 16.1. The number of carbonyl (C=O) groups excluding carboxylic acids is 1. The summed E-state index contributed by atoms with van der Waals surface area (Å²) in [4.78, 5) is 18.9. The van der Waals surface area contributed by atoms with Crippen molar-refractivity contribution >= 4 is 5.91 Å². The van der Waals surface area contributed by atoms with Crippen molar-refractivity contribution in [1.29, 1.82) is 0 Å². The lowest BCUT2D eigenvalue weighted by atomic mass is 10.0. The molecule has 1 aromatic carbocycles. The van der Waals surface area contributed by atoms with Gasteiger partial charge in [-0.2, -0.15) is 0 Å². The fourth-order valence-electron chi connectivity index (χ4n) is 3.07. The van der Waals surface area contributed by atoms with E-state index in [4.69, 9.17) is 0 Å². The van der Waals surface area contributed by atoms with Crippen molar-refractivity contribution in [2.45, 2.75) is 32.4 Å². The van der Waals surface area contributed by atoms with Gasteiger partial charge in [0.2, 0.25) is 0 Å².